The fraction of sp³-hybridized carbons (Fsp3) is 0.348. The standard InChI is InChI=1S/C23H27NO2/c1-4-5-13-19(16-26-3)24-17(2)22(20-14-9-10-15-21(20)24)23(25)18-11-7-6-8-12-18/h6-12,14-15,19H,4-5,13,16H2,1-3H3. The second-order valence-electron chi connectivity index (χ2n) is 6.79. The highest BCUT2D eigenvalue weighted by Crippen LogP contribution is 2.32. The van der Waals surface area contributed by atoms with Crippen LogP contribution in [0.25, 0.3) is 10.9 Å². The lowest BCUT2D eigenvalue weighted by molar-refractivity contribution is 0.103. The van der Waals surface area contributed by atoms with Gasteiger partial charge in [-0.05, 0) is 19.4 Å². The first kappa shape index (κ1) is 18.4. The number of benzene rings is 2. The molecule has 1 heterocycles. The molecule has 0 amide bonds. The highest BCUT2D eigenvalue weighted by molar-refractivity contribution is 6.17. The third-order valence-electron chi connectivity index (χ3n) is 5.03. The van der Waals surface area contributed by atoms with Crippen molar-refractivity contribution in [1.82, 2.24) is 4.57 Å². The number of unbranched alkanes of at least 4 members (excludes halogenated alkanes) is 1. The van der Waals surface area contributed by atoms with E-state index in [1.54, 1.807) is 7.11 Å². The third-order valence-corrected chi connectivity index (χ3v) is 5.03. The highest BCUT2D eigenvalue weighted by atomic mass is 16.5. The van der Waals surface area contributed by atoms with Crippen LogP contribution in [0.1, 0.15) is 53.8 Å². The van der Waals surface area contributed by atoms with E-state index >= 15 is 0 Å². The second kappa shape index (κ2) is 8.33. The Morgan fingerprint density at radius 1 is 1.08 bits per heavy atom. The molecule has 1 aromatic heterocycles. The van der Waals surface area contributed by atoms with Gasteiger partial charge in [0.15, 0.2) is 5.78 Å². The normalized spacial score (nSPS) is 12.4. The molecule has 3 rings (SSSR count). The molecule has 3 heteroatoms. The van der Waals surface area contributed by atoms with E-state index in [9.17, 15) is 4.79 Å². The van der Waals surface area contributed by atoms with Crippen LogP contribution in [0, 0.1) is 6.92 Å². The number of ketones is 1. The molecule has 0 N–H and O–H groups in total. The minimum atomic E-state index is 0.0877. The van der Waals surface area contributed by atoms with Crippen LogP contribution in [0.5, 0.6) is 0 Å². The van der Waals surface area contributed by atoms with Gasteiger partial charge in [-0.15, -0.1) is 0 Å². The molecule has 136 valence electrons. The number of carbonyl (C=O) groups excluding carboxylic acids is 1. The van der Waals surface area contributed by atoms with Crippen molar-refractivity contribution in [2.45, 2.75) is 39.2 Å². The van der Waals surface area contributed by atoms with E-state index in [1.807, 2.05) is 42.5 Å². The molecule has 0 fully saturated rings. The number of hydrogen-bond acceptors (Lipinski definition) is 2. The van der Waals surface area contributed by atoms with Gasteiger partial charge in [0.2, 0.25) is 0 Å². The number of ether oxygens (including phenoxy) is 1. The molecule has 0 saturated heterocycles. The van der Waals surface area contributed by atoms with Crippen molar-refractivity contribution in [3.05, 3.63) is 71.4 Å². The maximum atomic E-state index is 13.2. The van der Waals surface area contributed by atoms with Crippen molar-refractivity contribution >= 4 is 16.7 Å². The smallest absolute Gasteiger partial charge is 0.195 e. The molecule has 0 radical (unpaired) electrons. The summed E-state index contributed by atoms with van der Waals surface area (Å²) in [7, 11) is 1.75. The Morgan fingerprint density at radius 3 is 2.46 bits per heavy atom. The van der Waals surface area contributed by atoms with E-state index in [-0.39, 0.29) is 11.8 Å². The molecule has 0 aliphatic rings. The van der Waals surface area contributed by atoms with Crippen LogP contribution in [0.4, 0.5) is 0 Å². The number of fused-ring (bicyclic) bond motifs is 1. The lowest BCUT2D eigenvalue weighted by Gasteiger charge is -2.21. The molecule has 2 aromatic carbocycles. The molecule has 0 bridgehead atoms. The van der Waals surface area contributed by atoms with Gasteiger partial charge in [0.1, 0.15) is 0 Å². The first-order valence-electron chi connectivity index (χ1n) is 9.37. The van der Waals surface area contributed by atoms with Crippen LogP contribution in [0.15, 0.2) is 54.6 Å². The van der Waals surface area contributed by atoms with Gasteiger partial charge >= 0.3 is 0 Å². The summed E-state index contributed by atoms with van der Waals surface area (Å²) in [5.74, 6) is 0.0877. The first-order valence-corrected chi connectivity index (χ1v) is 9.37. The Hall–Kier alpha value is -2.39. The fourth-order valence-corrected chi connectivity index (χ4v) is 3.80. The largest absolute Gasteiger partial charge is 0.383 e. The van der Waals surface area contributed by atoms with Gasteiger partial charge in [-0.2, -0.15) is 0 Å². The molecule has 1 atom stereocenters. The number of para-hydroxylation sites is 1. The van der Waals surface area contributed by atoms with Crippen LogP contribution >= 0.6 is 0 Å². The quantitative estimate of drug-likeness (QED) is 0.499. The lowest BCUT2D eigenvalue weighted by Crippen LogP contribution is -2.16. The van der Waals surface area contributed by atoms with Crippen molar-refractivity contribution in [2.75, 3.05) is 13.7 Å². The highest BCUT2D eigenvalue weighted by Gasteiger charge is 2.24. The van der Waals surface area contributed by atoms with Crippen molar-refractivity contribution in [1.29, 1.82) is 0 Å². The van der Waals surface area contributed by atoms with E-state index in [0.29, 0.717) is 6.61 Å². The average Bonchev–Trinajstić information content (AvgIpc) is 2.97. The molecule has 26 heavy (non-hydrogen) atoms. The molecule has 3 nitrogen and oxygen atoms in total. The average molecular weight is 349 g/mol. The Bertz CT molecular complexity index is 880. The monoisotopic (exact) mass is 349 g/mol. The van der Waals surface area contributed by atoms with E-state index in [4.69, 9.17) is 4.74 Å². The van der Waals surface area contributed by atoms with Crippen LogP contribution in [0.2, 0.25) is 0 Å². The van der Waals surface area contributed by atoms with Crippen molar-refractivity contribution in [2.24, 2.45) is 0 Å². The molecule has 3 aromatic rings. The number of hydrogen-bond donors (Lipinski definition) is 0. The van der Waals surface area contributed by atoms with E-state index in [1.165, 1.54) is 0 Å². The van der Waals surface area contributed by atoms with Crippen molar-refractivity contribution in [3.63, 3.8) is 0 Å². The molecule has 1 unspecified atom stereocenters. The summed E-state index contributed by atoms with van der Waals surface area (Å²) >= 11 is 0. The lowest BCUT2D eigenvalue weighted by atomic mass is 10.0. The molecule has 0 saturated carbocycles. The van der Waals surface area contributed by atoms with Gasteiger partial charge in [-0.3, -0.25) is 4.79 Å². The van der Waals surface area contributed by atoms with E-state index in [2.05, 4.69) is 30.5 Å². The predicted octanol–water partition coefficient (Wildman–Crippen LogP) is 5.56. The predicted molar refractivity (Wildman–Crippen MR) is 107 cm³/mol. The molecule has 0 aliphatic carbocycles. The first-order chi connectivity index (χ1) is 12.7. The molecule has 0 spiro atoms. The van der Waals surface area contributed by atoms with Crippen LogP contribution in [-0.4, -0.2) is 24.1 Å². The van der Waals surface area contributed by atoms with E-state index < -0.39 is 0 Å². The minimum absolute atomic E-state index is 0.0877. The third kappa shape index (κ3) is 3.45. The Labute approximate surface area is 155 Å². The summed E-state index contributed by atoms with van der Waals surface area (Å²) in [6.45, 7) is 4.91. The number of aromatic nitrogens is 1. The van der Waals surface area contributed by atoms with Crippen LogP contribution in [0.3, 0.4) is 0 Å². The molecular weight excluding hydrogens is 322 g/mol. The summed E-state index contributed by atoms with van der Waals surface area (Å²) in [6.07, 6.45) is 3.33. The Kier molecular flexibility index (Phi) is 5.89. The molecular formula is C23H27NO2. The summed E-state index contributed by atoms with van der Waals surface area (Å²) in [4.78, 5) is 13.2. The zero-order valence-corrected chi connectivity index (χ0v) is 15.9. The second-order valence-corrected chi connectivity index (χ2v) is 6.79. The summed E-state index contributed by atoms with van der Waals surface area (Å²) in [5, 5.41) is 1.02. The van der Waals surface area contributed by atoms with Gasteiger partial charge in [-0.25, -0.2) is 0 Å². The fourth-order valence-electron chi connectivity index (χ4n) is 3.80. The Morgan fingerprint density at radius 2 is 1.77 bits per heavy atom. The zero-order chi connectivity index (χ0) is 18.5. The van der Waals surface area contributed by atoms with Crippen LogP contribution in [-0.2, 0) is 4.74 Å². The topological polar surface area (TPSA) is 31.2 Å². The minimum Gasteiger partial charge on any atom is -0.383 e. The van der Waals surface area contributed by atoms with Gasteiger partial charge in [0.25, 0.3) is 0 Å². The van der Waals surface area contributed by atoms with Gasteiger partial charge < -0.3 is 9.30 Å². The van der Waals surface area contributed by atoms with Gasteiger partial charge in [-0.1, -0.05) is 68.3 Å². The number of carbonyl (C=O) groups is 1. The van der Waals surface area contributed by atoms with E-state index in [0.717, 1.165) is 47.0 Å². The van der Waals surface area contributed by atoms with Gasteiger partial charge in [0, 0.05) is 29.3 Å². The van der Waals surface area contributed by atoms with Crippen LogP contribution < -0.4 is 0 Å². The van der Waals surface area contributed by atoms with Crippen molar-refractivity contribution < 1.29 is 9.53 Å². The number of rotatable bonds is 8. The summed E-state index contributed by atoms with van der Waals surface area (Å²) < 4.78 is 7.82. The number of methoxy groups -OCH3 is 1. The number of nitrogens with zero attached hydrogens (tertiary/aromatic N) is 1. The SMILES string of the molecule is CCCCC(COC)n1c(C)c(C(=O)c2ccccc2)c2ccccc21. The van der Waals surface area contributed by atoms with Gasteiger partial charge in [0.05, 0.1) is 18.2 Å². The Balaban J connectivity index is 2.16. The molecule has 0 aliphatic heterocycles. The summed E-state index contributed by atoms with van der Waals surface area (Å²) in [6, 6.07) is 18.0. The maximum Gasteiger partial charge on any atom is 0.195 e. The zero-order valence-electron chi connectivity index (χ0n) is 15.9. The summed E-state index contributed by atoms with van der Waals surface area (Å²) in [5.41, 5.74) is 3.68. The maximum absolute atomic E-state index is 13.2. The van der Waals surface area contributed by atoms with Crippen molar-refractivity contribution in [3.8, 4) is 0 Å².